The number of rotatable bonds is 2. The summed E-state index contributed by atoms with van der Waals surface area (Å²) in [6, 6.07) is 9.53. The van der Waals surface area contributed by atoms with E-state index in [0.717, 1.165) is 5.56 Å². The van der Waals surface area contributed by atoms with Crippen LogP contribution in [0.15, 0.2) is 30.3 Å². The highest BCUT2D eigenvalue weighted by Gasteiger charge is 2.48. The van der Waals surface area contributed by atoms with Gasteiger partial charge in [0, 0.05) is 5.56 Å². The fourth-order valence-electron chi connectivity index (χ4n) is 2.55. The van der Waals surface area contributed by atoms with Gasteiger partial charge in [-0.2, -0.15) is 0 Å². The number of aliphatic hydroxyl groups excluding tert-OH is 2. The van der Waals surface area contributed by atoms with Crippen LogP contribution in [-0.4, -0.2) is 52.9 Å². The van der Waals surface area contributed by atoms with Crippen LogP contribution in [0.1, 0.15) is 11.9 Å². The van der Waals surface area contributed by atoms with Crippen LogP contribution in [0.2, 0.25) is 0 Å². The maximum atomic E-state index is 10.2. The van der Waals surface area contributed by atoms with Crippen LogP contribution >= 0.6 is 11.8 Å². The van der Waals surface area contributed by atoms with Crippen LogP contribution in [-0.2, 0) is 14.2 Å². The zero-order valence-electron chi connectivity index (χ0n) is 11.1. The first-order valence-corrected chi connectivity index (χ1v) is 7.86. The lowest BCUT2D eigenvalue weighted by molar-refractivity contribution is -0.318. The van der Waals surface area contributed by atoms with Crippen molar-refractivity contribution >= 4 is 11.8 Å². The van der Waals surface area contributed by atoms with Gasteiger partial charge < -0.3 is 24.4 Å². The standard InChI is InChI=1S/C14H18O5S/c1-20-14-11(16)10(15)12-9(18-14)7-17-13(19-12)8-5-3-2-4-6-8/h2-6,9-16H,7H2,1H3/t9?,10-,11?,12+,13?,14+/m1/s1. The maximum absolute atomic E-state index is 10.2. The predicted octanol–water partition coefficient (Wildman–Crippen LogP) is 0.910. The third-order valence-corrected chi connectivity index (χ3v) is 4.49. The molecule has 2 fully saturated rings. The van der Waals surface area contributed by atoms with E-state index in [1.165, 1.54) is 11.8 Å². The first-order valence-electron chi connectivity index (χ1n) is 6.57. The van der Waals surface area contributed by atoms with Crippen LogP contribution in [0.5, 0.6) is 0 Å². The molecule has 2 saturated heterocycles. The number of benzene rings is 1. The molecule has 2 heterocycles. The highest BCUT2D eigenvalue weighted by atomic mass is 32.2. The van der Waals surface area contributed by atoms with Crippen molar-refractivity contribution in [2.75, 3.05) is 12.9 Å². The lowest BCUT2D eigenvalue weighted by atomic mass is 9.99. The number of ether oxygens (including phenoxy) is 3. The Kier molecular flexibility index (Phi) is 4.30. The Bertz CT molecular complexity index is 440. The Labute approximate surface area is 121 Å². The topological polar surface area (TPSA) is 68.2 Å². The van der Waals surface area contributed by atoms with Gasteiger partial charge in [0.2, 0.25) is 0 Å². The zero-order valence-corrected chi connectivity index (χ0v) is 11.9. The minimum Gasteiger partial charge on any atom is -0.387 e. The van der Waals surface area contributed by atoms with Gasteiger partial charge in [-0.1, -0.05) is 30.3 Å². The summed E-state index contributed by atoms with van der Waals surface area (Å²) < 4.78 is 17.2. The Balaban J connectivity index is 1.74. The molecule has 0 saturated carbocycles. The molecule has 5 nitrogen and oxygen atoms in total. The van der Waals surface area contributed by atoms with E-state index in [1.54, 1.807) is 0 Å². The Hall–Kier alpha value is -0.630. The number of hydrogen-bond donors (Lipinski definition) is 2. The quantitative estimate of drug-likeness (QED) is 0.846. The van der Waals surface area contributed by atoms with E-state index in [1.807, 2.05) is 36.6 Å². The third-order valence-electron chi connectivity index (χ3n) is 3.64. The lowest BCUT2D eigenvalue weighted by Crippen LogP contribution is -2.60. The van der Waals surface area contributed by atoms with E-state index in [9.17, 15) is 10.2 Å². The molecule has 110 valence electrons. The largest absolute Gasteiger partial charge is 0.387 e. The molecule has 2 aliphatic rings. The number of aliphatic hydroxyl groups is 2. The van der Waals surface area contributed by atoms with E-state index < -0.39 is 30.0 Å². The highest BCUT2D eigenvalue weighted by Crippen LogP contribution is 2.35. The van der Waals surface area contributed by atoms with Gasteiger partial charge >= 0.3 is 0 Å². The van der Waals surface area contributed by atoms with Crippen molar-refractivity contribution < 1.29 is 24.4 Å². The predicted molar refractivity (Wildman–Crippen MR) is 74.2 cm³/mol. The summed E-state index contributed by atoms with van der Waals surface area (Å²) in [4.78, 5) is 0. The summed E-state index contributed by atoms with van der Waals surface area (Å²) >= 11 is 1.37. The van der Waals surface area contributed by atoms with Gasteiger partial charge in [-0.3, -0.25) is 0 Å². The van der Waals surface area contributed by atoms with E-state index in [4.69, 9.17) is 14.2 Å². The lowest BCUT2D eigenvalue weighted by Gasteiger charge is -2.46. The fraction of sp³-hybridized carbons (Fsp3) is 0.571. The summed E-state index contributed by atoms with van der Waals surface area (Å²) in [5.74, 6) is 0. The molecule has 0 spiro atoms. The summed E-state index contributed by atoms with van der Waals surface area (Å²) in [5, 5.41) is 20.2. The average Bonchev–Trinajstić information content (AvgIpc) is 2.51. The number of thioether (sulfide) groups is 1. The molecular weight excluding hydrogens is 280 g/mol. The van der Waals surface area contributed by atoms with Crippen LogP contribution < -0.4 is 0 Å². The van der Waals surface area contributed by atoms with Crippen molar-refractivity contribution in [1.29, 1.82) is 0 Å². The second kappa shape index (κ2) is 6.01. The maximum Gasteiger partial charge on any atom is 0.184 e. The number of fused-ring (bicyclic) bond motifs is 1. The Morgan fingerprint density at radius 1 is 1.10 bits per heavy atom. The molecule has 6 atom stereocenters. The SMILES string of the molecule is CS[C@@H]1OC2COC(c3ccccc3)O[C@@H]2[C@H](O)C1O. The first kappa shape index (κ1) is 14.3. The van der Waals surface area contributed by atoms with Gasteiger partial charge in [-0.15, -0.1) is 11.8 Å². The van der Waals surface area contributed by atoms with Crippen molar-refractivity contribution in [3.63, 3.8) is 0 Å². The van der Waals surface area contributed by atoms with Gasteiger partial charge in [-0.05, 0) is 6.26 Å². The third kappa shape index (κ3) is 2.59. The second-order valence-electron chi connectivity index (χ2n) is 4.94. The molecule has 2 aliphatic heterocycles. The van der Waals surface area contributed by atoms with Crippen molar-refractivity contribution in [2.24, 2.45) is 0 Å². The Morgan fingerprint density at radius 3 is 2.55 bits per heavy atom. The molecule has 0 amide bonds. The van der Waals surface area contributed by atoms with Crippen LogP contribution in [0.4, 0.5) is 0 Å². The van der Waals surface area contributed by atoms with Gasteiger partial charge in [-0.25, -0.2) is 0 Å². The normalized spacial score (nSPS) is 41.1. The molecule has 1 aromatic rings. The molecule has 0 aliphatic carbocycles. The van der Waals surface area contributed by atoms with E-state index in [2.05, 4.69) is 0 Å². The van der Waals surface area contributed by atoms with E-state index in [-0.39, 0.29) is 6.10 Å². The monoisotopic (exact) mass is 298 g/mol. The van der Waals surface area contributed by atoms with Crippen LogP contribution in [0.3, 0.4) is 0 Å². The van der Waals surface area contributed by atoms with E-state index >= 15 is 0 Å². The minimum absolute atomic E-state index is 0.338. The smallest absolute Gasteiger partial charge is 0.184 e. The molecule has 1 aromatic carbocycles. The minimum atomic E-state index is -0.971. The van der Waals surface area contributed by atoms with Crippen molar-refractivity contribution in [2.45, 2.75) is 36.1 Å². The molecule has 0 aromatic heterocycles. The average molecular weight is 298 g/mol. The molecule has 0 bridgehead atoms. The molecule has 0 radical (unpaired) electrons. The second-order valence-corrected chi connectivity index (χ2v) is 5.87. The molecular formula is C14H18O5S. The summed E-state index contributed by atoms with van der Waals surface area (Å²) in [5.41, 5.74) is 0.436. The molecule has 20 heavy (non-hydrogen) atoms. The fourth-order valence-corrected chi connectivity index (χ4v) is 3.25. The summed E-state index contributed by atoms with van der Waals surface area (Å²) in [6.45, 7) is 0.338. The van der Waals surface area contributed by atoms with Crippen molar-refractivity contribution in [3.05, 3.63) is 35.9 Å². The van der Waals surface area contributed by atoms with Crippen molar-refractivity contribution in [3.8, 4) is 0 Å². The van der Waals surface area contributed by atoms with Gasteiger partial charge in [0.25, 0.3) is 0 Å². The summed E-state index contributed by atoms with van der Waals surface area (Å²) in [6.07, 6.45) is -1.56. The van der Waals surface area contributed by atoms with Crippen LogP contribution in [0, 0.1) is 0 Å². The van der Waals surface area contributed by atoms with E-state index in [0.29, 0.717) is 6.61 Å². The van der Waals surface area contributed by atoms with Gasteiger partial charge in [0.1, 0.15) is 29.9 Å². The molecule has 2 N–H and O–H groups in total. The van der Waals surface area contributed by atoms with Crippen LogP contribution in [0.25, 0.3) is 0 Å². The Morgan fingerprint density at radius 2 is 1.85 bits per heavy atom. The molecule has 6 heteroatoms. The number of hydrogen-bond acceptors (Lipinski definition) is 6. The molecule has 3 unspecified atom stereocenters. The first-order chi connectivity index (χ1) is 9.70. The van der Waals surface area contributed by atoms with Gasteiger partial charge in [0.05, 0.1) is 6.61 Å². The van der Waals surface area contributed by atoms with Gasteiger partial charge in [0.15, 0.2) is 6.29 Å². The summed E-state index contributed by atoms with van der Waals surface area (Å²) in [7, 11) is 0. The highest BCUT2D eigenvalue weighted by molar-refractivity contribution is 7.99. The zero-order chi connectivity index (χ0) is 14.1. The molecule has 3 rings (SSSR count). The van der Waals surface area contributed by atoms with Crippen molar-refractivity contribution in [1.82, 2.24) is 0 Å².